The molecule has 110 valence electrons. The van der Waals surface area contributed by atoms with Gasteiger partial charge in [0.2, 0.25) is 5.91 Å². The van der Waals surface area contributed by atoms with Gasteiger partial charge in [-0.25, -0.2) is 0 Å². The van der Waals surface area contributed by atoms with Gasteiger partial charge < -0.3 is 15.4 Å². The lowest BCUT2D eigenvalue weighted by Gasteiger charge is -2.36. The topological polar surface area (TPSA) is 55.6 Å². The van der Waals surface area contributed by atoms with E-state index in [0.29, 0.717) is 18.5 Å². The van der Waals surface area contributed by atoms with Crippen LogP contribution in [0.2, 0.25) is 0 Å². The Morgan fingerprint density at radius 2 is 2.00 bits per heavy atom. The first-order valence-corrected chi connectivity index (χ1v) is 7.87. The summed E-state index contributed by atoms with van der Waals surface area (Å²) in [6.07, 6.45) is 8.15. The minimum atomic E-state index is 0.165. The van der Waals surface area contributed by atoms with Crippen LogP contribution in [0, 0.1) is 0 Å². The van der Waals surface area contributed by atoms with Crippen LogP contribution in [0.5, 0.6) is 0 Å². The molecule has 1 saturated heterocycles. The van der Waals surface area contributed by atoms with Crippen molar-refractivity contribution in [2.24, 2.45) is 5.73 Å². The molecule has 0 radical (unpaired) electrons. The highest BCUT2D eigenvalue weighted by molar-refractivity contribution is 5.77. The van der Waals surface area contributed by atoms with Gasteiger partial charge in [-0.05, 0) is 44.9 Å². The van der Waals surface area contributed by atoms with E-state index >= 15 is 0 Å². The normalized spacial score (nSPS) is 31.4. The van der Waals surface area contributed by atoms with Crippen molar-refractivity contribution in [3.63, 3.8) is 0 Å². The quantitative estimate of drug-likeness (QED) is 0.830. The second-order valence-electron chi connectivity index (χ2n) is 5.99. The number of rotatable bonds is 5. The van der Waals surface area contributed by atoms with Crippen molar-refractivity contribution in [1.29, 1.82) is 0 Å². The van der Waals surface area contributed by atoms with E-state index in [1.54, 1.807) is 0 Å². The number of carbonyl (C=O) groups excluding carboxylic acids is 1. The third kappa shape index (κ3) is 4.18. The maximum Gasteiger partial charge on any atom is 0.225 e. The second-order valence-corrected chi connectivity index (χ2v) is 5.99. The van der Waals surface area contributed by atoms with Crippen molar-refractivity contribution in [3.8, 4) is 0 Å². The van der Waals surface area contributed by atoms with E-state index < -0.39 is 0 Å². The predicted molar refractivity (Wildman–Crippen MR) is 75.8 cm³/mol. The molecule has 0 aromatic heterocycles. The average Bonchev–Trinajstić information content (AvgIpc) is 2.90. The van der Waals surface area contributed by atoms with Gasteiger partial charge in [0.1, 0.15) is 0 Å². The first-order chi connectivity index (χ1) is 9.20. The molecule has 1 aliphatic carbocycles. The zero-order valence-corrected chi connectivity index (χ0v) is 12.1. The van der Waals surface area contributed by atoms with Gasteiger partial charge in [0.05, 0.1) is 12.5 Å². The fourth-order valence-corrected chi connectivity index (χ4v) is 3.28. The largest absolute Gasteiger partial charge is 0.378 e. The predicted octanol–water partition coefficient (Wildman–Crippen LogP) is 2.06. The Kier molecular flexibility index (Phi) is 5.64. The van der Waals surface area contributed by atoms with E-state index in [2.05, 4.69) is 11.8 Å². The molecule has 2 N–H and O–H groups in total. The standard InChI is InChI=1S/C15H28N2O2/c1-2-9-17(13-7-5-12(16)6-8-13)15(18)11-14-4-3-10-19-14/h12-14H,2-11,16H2,1H3. The van der Waals surface area contributed by atoms with Gasteiger partial charge in [-0.1, -0.05) is 6.92 Å². The molecule has 0 spiro atoms. The highest BCUT2D eigenvalue weighted by Gasteiger charge is 2.29. The summed E-state index contributed by atoms with van der Waals surface area (Å²) in [6, 6.07) is 0.752. The van der Waals surface area contributed by atoms with Crippen molar-refractivity contribution in [2.75, 3.05) is 13.2 Å². The number of amides is 1. The average molecular weight is 268 g/mol. The van der Waals surface area contributed by atoms with Crippen molar-refractivity contribution in [1.82, 2.24) is 4.90 Å². The molecule has 2 fully saturated rings. The van der Waals surface area contributed by atoms with E-state index in [-0.39, 0.29) is 12.0 Å². The molecule has 2 rings (SSSR count). The van der Waals surface area contributed by atoms with Crippen LogP contribution in [0.15, 0.2) is 0 Å². The van der Waals surface area contributed by atoms with Crippen LogP contribution in [0.4, 0.5) is 0 Å². The molecule has 19 heavy (non-hydrogen) atoms. The molecular weight excluding hydrogens is 240 g/mol. The highest BCUT2D eigenvalue weighted by Crippen LogP contribution is 2.24. The highest BCUT2D eigenvalue weighted by atomic mass is 16.5. The number of hydrogen-bond acceptors (Lipinski definition) is 3. The molecule has 1 amide bonds. The van der Waals surface area contributed by atoms with Crippen LogP contribution < -0.4 is 5.73 Å². The smallest absolute Gasteiger partial charge is 0.225 e. The van der Waals surface area contributed by atoms with Crippen LogP contribution in [-0.4, -0.2) is 42.1 Å². The fourth-order valence-electron chi connectivity index (χ4n) is 3.28. The van der Waals surface area contributed by atoms with Gasteiger partial charge in [0, 0.05) is 25.2 Å². The summed E-state index contributed by atoms with van der Waals surface area (Å²) in [5.74, 6) is 0.286. The molecule has 0 bridgehead atoms. The van der Waals surface area contributed by atoms with E-state index in [4.69, 9.17) is 10.5 Å². The maximum atomic E-state index is 12.5. The molecule has 1 aliphatic heterocycles. The zero-order chi connectivity index (χ0) is 13.7. The second kappa shape index (κ2) is 7.25. The van der Waals surface area contributed by atoms with Gasteiger partial charge >= 0.3 is 0 Å². The summed E-state index contributed by atoms with van der Waals surface area (Å²) in [4.78, 5) is 14.6. The lowest BCUT2D eigenvalue weighted by atomic mass is 9.90. The molecule has 4 heteroatoms. The van der Waals surface area contributed by atoms with Crippen LogP contribution in [0.25, 0.3) is 0 Å². The Morgan fingerprint density at radius 3 is 2.58 bits per heavy atom. The molecule has 1 unspecified atom stereocenters. The Balaban J connectivity index is 1.88. The first kappa shape index (κ1) is 14.8. The molecule has 4 nitrogen and oxygen atoms in total. The van der Waals surface area contributed by atoms with Crippen LogP contribution in [0.1, 0.15) is 58.3 Å². The van der Waals surface area contributed by atoms with E-state index in [9.17, 15) is 4.79 Å². The monoisotopic (exact) mass is 268 g/mol. The van der Waals surface area contributed by atoms with Gasteiger partial charge in [-0.2, -0.15) is 0 Å². The van der Waals surface area contributed by atoms with Crippen molar-refractivity contribution in [3.05, 3.63) is 0 Å². The third-order valence-corrected chi connectivity index (χ3v) is 4.39. The van der Waals surface area contributed by atoms with Gasteiger partial charge in [0.15, 0.2) is 0 Å². The van der Waals surface area contributed by atoms with Crippen molar-refractivity contribution < 1.29 is 9.53 Å². The number of nitrogens with two attached hydrogens (primary N) is 1. The number of hydrogen-bond donors (Lipinski definition) is 1. The Morgan fingerprint density at radius 1 is 1.26 bits per heavy atom. The first-order valence-electron chi connectivity index (χ1n) is 7.87. The Bertz CT molecular complexity index is 282. The fraction of sp³-hybridized carbons (Fsp3) is 0.933. The molecule has 0 aromatic rings. The minimum Gasteiger partial charge on any atom is -0.378 e. The zero-order valence-electron chi connectivity index (χ0n) is 12.1. The summed E-state index contributed by atoms with van der Waals surface area (Å²) < 4.78 is 5.59. The molecule has 1 heterocycles. The summed E-state index contributed by atoms with van der Waals surface area (Å²) in [5.41, 5.74) is 5.96. The summed E-state index contributed by atoms with van der Waals surface area (Å²) in [6.45, 7) is 3.84. The molecule has 0 aromatic carbocycles. The third-order valence-electron chi connectivity index (χ3n) is 4.39. The van der Waals surface area contributed by atoms with Gasteiger partial charge in [0.25, 0.3) is 0 Å². The summed E-state index contributed by atoms with van der Waals surface area (Å²) >= 11 is 0. The molecule has 2 aliphatic rings. The SMILES string of the molecule is CCCN(C(=O)CC1CCCO1)C1CCC(N)CC1. The maximum absolute atomic E-state index is 12.5. The Hall–Kier alpha value is -0.610. The molecular formula is C15H28N2O2. The van der Waals surface area contributed by atoms with E-state index in [0.717, 1.165) is 58.1 Å². The molecule has 1 saturated carbocycles. The number of carbonyl (C=O) groups is 1. The number of nitrogens with zero attached hydrogens (tertiary/aromatic N) is 1. The number of ether oxygens (including phenoxy) is 1. The van der Waals surface area contributed by atoms with Gasteiger partial charge in [-0.15, -0.1) is 0 Å². The summed E-state index contributed by atoms with van der Waals surface area (Å²) in [5, 5.41) is 0. The van der Waals surface area contributed by atoms with Crippen LogP contribution in [0.3, 0.4) is 0 Å². The van der Waals surface area contributed by atoms with E-state index in [1.165, 1.54) is 0 Å². The van der Waals surface area contributed by atoms with Crippen molar-refractivity contribution >= 4 is 5.91 Å². The lowest BCUT2D eigenvalue weighted by molar-refractivity contribution is -0.136. The van der Waals surface area contributed by atoms with Crippen molar-refractivity contribution in [2.45, 2.75) is 76.5 Å². The van der Waals surface area contributed by atoms with Crippen LogP contribution >= 0.6 is 0 Å². The lowest BCUT2D eigenvalue weighted by Crippen LogP contribution is -2.45. The van der Waals surface area contributed by atoms with Crippen LogP contribution in [-0.2, 0) is 9.53 Å². The molecule has 1 atom stereocenters. The Labute approximate surface area is 116 Å². The van der Waals surface area contributed by atoms with Gasteiger partial charge in [-0.3, -0.25) is 4.79 Å². The minimum absolute atomic E-state index is 0.165. The summed E-state index contributed by atoms with van der Waals surface area (Å²) in [7, 11) is 0. The van der Waals surface area contributed by atoms with E-state index in [1.807, 2.05) is 0 Å².